The Morgan fingerprint density at radius 3 is 2.00 bits per heavy atom. The van der Waals surface area contributed by atoms with Crippen molar-refractivity contribution >= 4 is 39.5 Å². The van der Waals surface area contributed by atoms with Gasteiger partial charge in [0.25, 0.3) is 0 Å². The Balaban J connectivity index is 0. The maximum absolute atomic E-state index is 5.13. The van der Waals surface area contributed by atoms with Crippen LogP contribution < -0.4 is 0 Å². The molecular weight excluding hydrogens is 192 g/mol. The summed E-state index contributed by atoms with van der Waals surface area (Å²) in [5.74, 6) is 0. The van der Waals surface area contributed by atoms with Crippen LogP contribution >= 0.6 is 33.2 Å². The van der Waals surface area contributed by atoms with Crippen LogP contribution in [0.3, 0.4) is 0 Å². The average molecular weight is 204 g/mol. The van der Waals surface area contributed by atoms with Gasteiger partial charge in [0.05, 0.1) is 13.2 Å². The highest BCUT2D eigenvalue weighted by Gasteiger charge is 2.05. The summed E-state index contributed by atoms with van der Waals surface area (Å²) in [6.45, 7) is 3.85. The Morgan fingerprint density at radius 2 is 1.70 bits per heavy atom. The van der Waals surface area contributed by atoms with Crippen LogP contribution in [0.15, 0.2) is 0 Å². The summed E-state index contributed by atoms with van der Waals surface area (Å²) in [6, 6.07) is 0. The number of rotatable bonds is 1. The fourth-order valence-electron chi connectivity index (χ4n) is 0.695. The van der Waals surface area contributed by atoms with Crippen LogP contribution in [0, 0.1) is 0 Å². The molecule has 5 heteroatoms. The Kier molecular flexibility index (Phi) is 10.3. The minimum Gasteiger partial charge on any atom is -0.379 e. The summed E-state index contributed by atoms with van der Waals surface area (Å²) >= 11 is 0. The molecule has 0 radical (unpaired) electrons. The molecule has 0 spiro atoms. The predicted molar refractivity (Wildman–Crippen MR) is 50.9 cm³/mol. The zero-order valence-corrected chi connectivity index (χ0v) is 8.18. The van der Waals surface area contributed by atoms with E-state index in [1.807, 2.05) is 0 Å². The van der Waals surface area contributed by atoms with Gasteiger partial charge in [-0.2, -0.15) is 0 Å². The molecule has 0 aromatic carbocycles. The number of hydrogen-bond donors (Lipinski definition) is 0. The molecule has 62 valence electrons. The van der Waals surface area contributed by atoms with Crippen LogP contribution in [0.2, 0.25) is 0 Å². The highest BCUT2D eigenvalue weighted by molar-refractivity contribution is 7.33. The lowest BCUT2D eigenvalue weighted by atomic mass is 10.5. The van der Waals surface area contributed by atoms with E-state index in [0.29, 0.717) is 0 Å². The number of nitrogens with zero attached hydrogens (tertiary/aromatic N) is 1. The summed E-state index contributed by atoms with van der Waals surface area (Å²) in [5.41, 5.74) is 0. The molecule has 0 aliphatic carbocycles. The van der Waals surface area contributed by atoms with Crippen LogP contribution in [0.4, 0.5) is 0 Å². The van der Waals surface area contributed by atoms with Crippen molar-refractivity contribution in [1.29, 1.82) is 0 Å². The first kappa shape index (κ1) is 13.3. The van der Waals surface area contributed by atoms with E-state index >= 15 is 0 Å². The minimum absolute atomic E-state index is 0. The van der Waals surface area contributed by atoms with Crippen LogP contribution in [0.5, 0.6) is 0 Å². The second-order valence-electron chi connectivity index (χ2n) is 1.71. The van der Waals surface area contributed by atoms with Crippen LogP contribution in [0.1, 0.15) is 0 Å². The van der Waals surface area contributed by atoms with E-state index in [1.165, 1.54) is 0 Å². The highest BCUT2D eigenvalue weighted by atomic mass is 35.5. The monoisotopic (exact) mass is 203 g/mol. The minimum atomic E-state index is 0. The van der Waals surface area contributed by atoms with Crippen molar-refractivity contribution < 1.29 is 4.74 Å². The van der Waals surface area contributed by atoms with E-state index in [4.69, 9.17) is 4.74 Å². The van der Waals surface area contributed by atoms with Crippen LogP contribution in [-0.2, 0) is 4.74 Å². The van der Waals surface area contributed by atoms with E-state index in [-0.39, 0.29) is 24.8 Å². The summed E-state index contributed by atoms with van der Waals surface area (Å²) in [4.78, 5) is 0. The quantitative estimate of drug-likeness (QED) is 0.599. The maximum Gasteiger partial charge on any atom is 0.0601 e. The van der Waals surface area contributed by atoms with Gasteiger partial charge in [0.15, 0.2) is 0 Å². The Hall–Kier alpha value is 0.670. The molecule has 0 amide bonds. The number of halogens is 2. The SMILES string of the molecule is C=PN1CCOCC1.Cl.Cl. The first-order chi connectivity index (χ1) is 3.93. The van der Waals surface area contributed by atoms with E-state index in [1.54, 1.807) is 0 Å². The van der Waals surface area contributed by atoms with Gasteiger partial charge in [-0.25, -0.2) is 0 Å². The second kappa shape index (κ2) is 7.77. The van der Waals surface area contributed by atoms with E-state index in [9.17, 15) is 0 Å². The van der Waals surface area contributed by atoms with Gasteiger partial charge in [-0.05, 0) is 8.35 Å². The molecular formula is C5H12Cl2NOP. The third-order valence-electron chi connectivity index (χ3n) is 1.19. The lowest BCUT2D eigenvalue weighted by Gasteiger charge is -2.21. The van der Waals surface area contributed by atoms with Gasteiger partial charge >= 0.3 is 0 Å². The maximum atomic E-state index is 5.13. The fraction of sp³-hybridized carbons (Fsp3) is 0.800. The zero-order chi connectivity index (χ0) is 5.82. The van der Waals surface area contributed by atoms with Gasteiger partial charge in [-0.15, -0.1) is 24.8 Å². The largest absolute Gasteiger partial charge is 0.379 e. The first-order valence-electron chi connectivity index (χ1n) is 2.73. The third-order valence-corrected chi connectivity index (χ3v) is 1.99. The van der Waals surface area contributed by atoms with Crippen LogP contribution in [0.25, 0.3) is 0 Å². The molecule has 0 saturated carbocycles. The molecule has 0 N–H and O–H groups in total. The lowest BCUT2D eigenvalue weighted by molar-refractivity contribution is 0.0767. The molecule has 0 bridgehead atoms. The number of ether oxygens (including phenoxy) is 1. The number of hydrogen-bond acceptors (Lipinski definition) is 2. The molecule has 10 heavy (non-hydrogen) atoms. The molecule has 1 fully saturated rings. The molecule has 1 aliphatic rings. The van der Waals surface area contributed by atoms with Gasteiger partial charge in [0.2, 0.25) is 0 Å². The van der Waals surface area contributed by atoms with Gasteiger partial charge in [-0.3, -0.25) is 4.67 Å². The van der Waals surface area contributed by atoms with E-state index in [0.717, 1.165) is 34.7 Å². The summed E-state index contributed by atoms with van der Waals surface area (Å²) in [6.07, 6.45) is 3.75. The molecule has 2 nitrogen and oxygen atoms in total. The zero-order valence-electron chi connectivity index (χ0n) is 5.65. The van der Waals surface area contributed by atoms with Gasteiger partial charge in [0, 0.05) is 13.1 Å². The Morgan fingerprint density at radius 1 is 1.20 bits per heavy atom. The highest BCUT2D eigenvalue weighted by Crippen LogP contribution is 2.05. The lowest BCUT2D eigenvalue weighted by Crippen LogP contribution is -2.28. The van der Waals surface area contributed by atoms with Gasteiger partial charge in [-0.1, -0.05) is 6.30 Å². The molecule has 0 unspecified atom stereocenters. The second-order valence-corrected chi connectivity index (χ2v) is 2.56. The fourth-order valence-corrected chi connectivity index (χ4v) is 1.14. The molecule has 0 aromatic rings. The number of morpholine rings is 1. The molecule has 0 aromatic heterocycles. The molecule has 1 aliphatic heterocycles. The topological polar surface area (TPSA) is 12.5 Å². The predicted octanol–water partition coefficient (Wildman–Crippen LogP) is 1.46. The van der Waals surface area contributed by atoms with Gasteiger partial charge in [0.1, 0.15) is 0 Å². The van der Waals surface area contributed by atoms with Crippen molar-refractivity contribution in [1.82, 2.24) is 4.67 Å². The summed E-state index contributed by atoms with van der Waals surface area (Å²) in [5, 5.41) is 0. The van der Waals surface area contributed by atoms with E-state index < -0.39 is 0 Å². The van der Waals surface area contributed by atoms with Crippen molar-refractivity contribution in [2.24, 2.45) is 0 Å². The van der Waals surface area contributed by atoms with Crippen molar-refractivity contribution in [3.8, 4) is 0 Å². The standard InChI is InChI=1S/C5H10NOP.2ClH/c1-8-6-2-4-7-5-3-6;;/h1-5H2;2*1H. The van der Waals surface area contributed by atoms with Crippen molar-refractivity contribution in [3.05, 3.63) is 0 Å². The third kappa shape index (κ3) is 4.48. The summed E-state index contributed by atoms with van der Waals surface area (Å²) in [7, 11) is 1.13. The average Bonchev–Trinajstić information content (AvgIpc) is 1.90. The van der Waals surface area contributed by atoms with Crippen molar-refractivity contribution in [3.63, 3.8) is 0 Å². The smallest absolute Gasteiger partial charge is 0.0601 e. The normalized spacial score (nSPS) is 19.2. The van der Waals surface area contributed by atoms with Crippen LogP contribution in [-0.4, -0.2) is 37.3 Å². The van der Waals surface area contributed by atoms with E-state index in [2.05, 4.69) is 11.0 Å². The van der Waals surface area contributed by atoms with Gasteiger partial charge < -0.3 is 4.74 Å². The molecule has 1 saturated heterocycles. The molecule has 0 atom stereocenters. The van der Waals surface area contributed by atoms with Crippen molar-refractivity contribution in [2.45, 2.75) is 0 Å². The Bertz CT molecular complexity index is 87.7. The Labute approximate surface area is 75.6 Å². The molecule has 1 heterocycles. The summed E-state index contributed by atoms with van der Waals surface area (Å²) < 4.78 is 7.38. The van der Waals surface area contributed by atoms with Crippen molar-refractivity contribution in [2.75, 3.05) is 26.3 Å². The molecule has 1 rings (SSSR count). The first-order valence-corrected chi connectivity index (χ1v) is 3.76.